The first-order valence-corrected chi connectivity index (χ1v) is 7.73. The summed E-state index contributed by atoms with van der Waals surface area (Å²) in [5.74, 6) is -1.55. The first kappa shape index (κ1) is 18.1. The third-order valence-electron chi connectivity index (χ3n) is 4.00. The molecule has 1 N–H and O–H groups in total. The lowest BCUT2D eigenvalue weighted by atomic mass is 9.86. The number of benzene rings is 1. The number of halogens is 2. The Kier molecular flexibility index (Phi) is 6.75. The van der Waals surface area contributed by atoms with Crippen molar-refractivity contribution in [2.24, 2.45) is 0 Å². The molecule has 0 amide bonds. The van der Waals surface area contributed by atoms with Crippen LogP contribution in [0.15, 0.2) is 12.1 Å². The van der Waals surface area contributed by atoms with Crippen molar-refractivity contribution in [3.05, 3.63) is 34.9 Å². The van der Waals surface area contributed by atoms with Crippen molar-refractivity contribution >= 4 is 0 Å². The van der Waals surface area contributed by atoms with Gasteiger partial charge in [-0.15, -0.1) is 0 Å². The van der Waals surface area contributed by atoms with Crippen LogP contribution in [0.2, 0.25) is 0 Å². The van der Waals surface area contributed by atoms with Gasteiger partial charge >= 0.3 is 0 Å². The molecule has 4 heteroatoms. The molecule has 1 rings (SSSR count). The standard InChI is InChI=1S/C17H27F2NO/c1-6-11-20-16(17(5,7-2)21-8-3)13-10-9-12(4)14(18)15(13)19/h9-10,16,20H,6-8,11H2,1-5H3. The van der Waals surface area contributed by atoms with Gasteiger partial charge in [0.15, 0.2) is 11.6 Å². The van der Waals surface area contributed by atoms with Gasteiger partial charge in [-0.2, -0.15) is 0 Å². The minimum absolute atomic E-state index is 0.320. The summed E-state index contributed by atoms with van der Waals surface area (Å²) in [6.07, 6.45) is 1.62. The van der Waals surface area contributed by atoms with E-state index in [1.807, 2.05) is 27.7 Å². The van der Waals surface area contributed by atoms with E-state index < -0.39 is 17.2 Å². The van der Waals surface area contributed by atoms with E-state index in [0.717, 1.165) is 13.0 Å². The SMILES string of the molecule is CCCNC(c1ccc(C)c(F)c1F)C(C)(CC)OCC. The lowest BCUT2D eigenvalue weighted by Crippen LogP contribution is -2.44. The minimum Gasteiger partial charge on any atom is -0.374 e. The van der Waals surface area contributed by atoms with Gasteiger partial charge in [-0.05, 0) is 45.7 Å². The summed E-state index contributed by atoms with van der Waals surface area (Å²) in [7, 11) is 0. The van der Waals surface area contributed by atoms with Crippen molar-refractivity contribution in [1.82, 2.24) is 5.32 Å². The van der Waals surface area contributed by atoms with E-state index in [9.17, 15) is 8.78 Å². The largest absolute Gasteiger partial charge is 0.374 e. The van der Waals surface area contributed by atoms with Crippen molar-refractivity contribution in [2.45, 2.75) is 59.1 Å². The van der Waals surface area contributed by atoms with E-state index in [0.29, 0.717) is 24.2 Å². The van der Waals surface area contributed by atoms with Gasteiger partial charge in [0.05, 0.1) is 11.6 Å². The van der Waals surface area contributed by atoms with E-state index >= 15 is 0 Å². The van der Waals surface area contributed by atoms with Crippen LogP contribution in [0.3, 0.4) is 0 Å². The summed E-state index contributed by atoms with van der Waals surface area (Å²) in [5.41, 5.74) is 0.0800. The number of hydrogen-bond acceptors (Lipinski definition) is 2. The molecule has 0 aromatic heterocycles. The first-order chi connectivity index (χ1) is 9.91. The van der Waals surface area contributed by atoms with Gasteiger partial charge in [-0.3, -0.25) is 0 Å². The van der Waals surface area contributed by atoms with Crippen LogP contribution in [-0.2, 0) is 4.74 Å². The molecule has 1 aromatic rings. The summed E-state index contributed by atoms with van der Waals surface area (Å²) in [6, 6.07) is 2.90. The second kappa shape index (κ2) is 7.85. The normalized spacial score (nSPS) is 15.8. The van der Waals surface area contributed by atoms with Gasteiger partial charge in [0.2, 0.25) is 0 Å². The molecule has 21 heavy (non-hydrogen) atoms. The summed E-state index contributed by atoms with van der Waals surface area (Å²) in [5, 5.41) is 3.32. The maximum atomic E-state index is 14.4. The lowest BCUT2D eigenvalue weighted by molar-refractivity contribution is -0.0571. The van der Waals surface area contributed by atoms with E-state index in [-0.39, 0.29) is 6.04 Å². The fourth-order valence-corrected chi connectivity index (χ4v) is 2.55. The Balaban J connectivity index is 3.27. The van der Waals surface area contributed by atoms with Crippen LogP contribution in [-0.4, -0.2) is 18.8 Å². The van der Waals surface area contributed by atoms with Crippen LogP contribution in [0.4, 0.5) is 8.78 Å². The van der Waals surface area contributed by atoms with Gasteiger partial charge in [0, 0.05) is 12.2 Å². The maximum absolute atomic E-state index is 14.4. The number of rotatable bonds is 8. The average molecular weight is 299 g/mol. The zero-order valence-electron chi connectivity index (χ0n) is 13.7. The van der Waals surface area contributed by atoms with E-state index in [1.165, 1.54) is 0 Å². The van der Waals surface area contributed by atoms with Crippen LogP contribution in [0.1, 0.15) is 57.7 Å². The average Bonchev–Trinajstić information content (AvgIpc) is 2.47. The Labute approximate surface area is 126 Å². The third kappa shape index (κ3) is 4.01. The molecule has 0 bridgehead atoms. The molecule has 0 aliphatic heterocycles. The third-order valence-corrected chi connectivity index (χ3v) is 4.00. The topological polar surface area (TPSA) is 21.3 Å². The number of ether oxygens (including phenoxy) is 1. The first-order valence-electron chi connectivity index (χ1n) is 7.73. The molecule has 0 saturated carbocycles. The molecule has 120 valence electrons. The Hall–Kier alpha value is -1.00. The number of hydrogen-bond donors (Lipinski definition) is 1. The Morgan fingerprint density at radius 3 is 2.38 bits per heavy atom. The van der Waals surface area contributed by atoms with Crippen molar-refractivity contribution in [3.63, 3.8) is 0 Å². The highest BCUT2D eigenvalue weighted by atomic mass is 19.2. The van der Waals surface area contributed by atoms with Crippen molar-refractivity contribution < 1.29 is 13.5 Å². The minimum atomic E-state index is -0.775. The van der Waals surface area contributed by atoms with E-state index in [4.69, 9.17) is 4.74 Å². The summed E-state index contributed by atoms with van der Waals surface area (Å²) < 4.78 is 34.2. The second-order valence-electron chi connectivity index (χ2n) is 5.59. The van der Waals surface area contributed by atoms with E-state index in [1.54, 1.807) is 19.1 Å². The molecular formula is C17H27F2NO. The molecule has 1 aromatic carbocycles. The molecule has 2 unspecified atom stereocenters. The lowest BCUT2D eigenvalue weighted by Gasteiger charge is -2.38. The predicted octanol–water partition coefficient (Wildman–Crippen LogP) is 4.52. The quantitative estimate of drug-likeness (QED) is 0.762. The highest BCUT2D eigenvalue weighted by Gasteiger charge is 2.36. The molecular weight excluding hydrogens is 272 g/mol. The van der Waals surface area contributed by atoms with Crippen LogP contribution < -0.4 is 5.32 Å². The molecule has 0 radical (unpaired) electrons. The van der Waals surface area contributed by atoms with Gasteiger partial charge in [-0.1, -0.05) is 26.0 Å². The number of nitrogens with one attached hydrogen (secondary N) is 1. The smallest absolute Gasteiger partial charge is 0.163 e. The van der Waals surface area contributed by atoms with Crippen molar-refractivity contribution in [1.29, 1.82) is 0 Å². The van der Waals surface area contributed by atoms with Crippen LogP contribution in [0.25, 0.3) is 0 Å². The highest BCUT2D eigenvalue weighted by molar-refractivity contribution is 5.29. The Bertz CT molecular complexity index is 464. The van der Waals surface area contributed by atoms with Gasteiger partial charge < -0.3 is 10.1 Å². The zero-order chi connectivity index (χ0) is 16.0. The zero-order valence-corrected chi connectivity index (χ0v) is 13.7. The summed E-state index contributed by atoms with van der Waals surface area (Å²) >= 11 is 0. The molecule has 0 heterocycles. The van der Waals surface area contributed by atoms with Gasteiger partial charge in [-0.25, -0.2) is 8.78 Å². The molecule has 0 aliphatic rings. The van der Waals surface area contributed by atoms with Crippen molar-refractivity contribution in [2.75, 3.05) is 13.2 Å². The molecule has 0 spiro atoms. The fraction of sp³-hybridized carbons (Fsp3) is 0.647. The Morgan fingerprint density at radius 2 is 1.86 bits per heavy atom. The van der Waals surface area contributed by atoms with Crippen LogP contribution >= 0.6 is 0 Å². The molecule has 0 fully saturated rings. The number of aryl methyl sites for hydroxylation is 1. The predicted molar refractivity (Wildman–Crippen MR) is 82.5 cm³/mol. The monoisotopic (exact) mass is 299 g/mol. The van der Waals surface area contributed by atoms with E-state index in [2.05, 4.69) is 5.32 Å². The summed E-state index contributed by atoms with van der Waals surface area (Å²) in [6.45, 7) is 10.7. The van der Waals surface area contributed by atoms with Crippen LogP contribution in [0, 0.1) is 18.6 Å². The van der Waals surface area contributed by atoms with Gasteiger partial charge in [0.1, 0.15) is 0 Å². The molecule has 2 nitrogen and oxygen atoms in total. The maximum Gasteiger partial charge on any atom is 0.163 e. The Morgan fingerprint density at radius 1 is 1.19 bits per heavy atom. The second-order valence-corrected chi connectivity index (χ2v) is 5.59. The molecule has 2 atom stereocenters. The molecule has 0 saturated heterocycles. The summed E-state index contributed by atoms with van der Waals surface area (Å²) in [4.78, 5) is 0. The molecule has 0 aliphatic carbocycles. The van der Waals surface area contributed by atoms with Crippen molar-refractivity contribution in [3.8, 4) is 0 Å². The highest BCUT2D eigenvalue weighted by Crippen LogP contribution is 2.34. The van der Waals surface area contributed by atoms with Crippen LogP contribution in [0.5, 0.6) is 0 Å². The fourth-order valence-electron chi connectivity index (χ4n) is 2.55. The van der Waals surface area contributed by atoms with Gasteiger partial charge in [0.25, 0.3) is 0 Å².